The van der Waals surface area contributed by atoms with Gasteiger partial charge in [-0.3, -0.25) is 19.2 Å². The number of ketones is 1. The average molecular weight is 783 g/mol. The fourth-order valence-electron chi connectivity index (χ4n) is 5.91. The summed E-state index contributed by atoms with van der Waals surface area (Å²) in [5, 5.41) is 21.5. The Balaban J connectivity index is 1.64. The number of rotatable bonds is 22. The van der Waals surface area contributed by atoms with Gasteiger partial charge in [-0.15, -0.1) is 0 Å². The van der Waals surface area contributed by atoms with Gasteiger partial charge in [0, 0.05) is 36.7 Å². The molecule has 13 nitrogen and oxygen atoms in total. The van der Waals surface area contributed by atoms with E-state index in [1.807, 2.05) is 0 Å². The quantitative estimate of drug-likeness (QED) is 0.0290. The molecule has 0 spiro atoms. The van der Waals surface area contributed by atoms with Crippen molar-refractivity contribution in [3.05, 3.63) is 94.3 Å². The van der Waals surface area contributed by atoms with E-state index in [-0.39, 0.29) is 58.3 Å². The number of aromatic nitrogens is 1. The lowest BCUT2D eigenvalue weighted by Crippen LogP contribution is -2.39. The Labute approximate surface area is 333 Å². The molecule has 57 heavy (non-hydrogen) atoms. The van der Waals surface area contributed by atoms with Crippen LogP contribution in [0.5, 0.6) is 0 Å². The highest BCUT2D eigenvalue weighted by atomic mass is 16.7. The summed E-state index contributed by atoms with van der Waals surface area (Å²) in [6, 6.07) is 11.8. The number of pyridine rings is 1. The highest BCUT2D eigenvalue weighted by molar-refractivity contribution is 6.09. The Kier molecular flexibility index (Phi) is 16.4. The zero-order chi connectivity index (χ0) is 41.6. The number of benzene rings is 2. The van der Waals surface area contributed by atoms with E-state index in [0.717, 1.165) is 38.5 Å². The summed E-state index contributed by atoms with van der Waals surface area (Å²) < 4.78 is 16.1. The number of ether oxygens (including phenoxy) is 3. The van der Waals surface area contributed by atoms with Crippen LogP contribution >= 0.6 is 0 Å². The van der Waals surface area contributed by atoms with Gasteiger partial charge in [-0.2, -0.15) is 0 Å². The minimum atomic E-state index is -1.38. The Morgan fingerprint density at radius 2 is 1.72 bits per heavy atom. The van der Waals surface area contributed by atoms with E-state index in [4.69, 9.17) is 25.4 Å². The zero-order valence-corrected chi connectivity index (χ0v) is 33.2. The van der Waals surface area contributed by atoms with Gasteiger partial charge in [0.2, 0.25) is 6.29 Å². The SMILES string of the molecule is C=Cc1cc(C(=O)Cc2ccc(C(=N)CC(=O)OCCCCCC)cc2)c(-c2ccc(C(=O)NCC3CC3)nc2C(=O)OC(C)OC(=O)[C@@H](N)C(C)C)cc1CO. The lowest BCUT2D eigenvalue weighted by atomic mass is 9.89. The number of aliphatic hydroxyl groups is 1. The van der Waals surface area contributed by atoms with Crippen LogP contribution in [0.4, 0.5) is 0 Å². The number of Topliss-reactive ketones (excluding diaryl/α,β-unsaturated/α-hetero) is 1. The summed E-state index contributed by atoms with van der Waals surface area (Å²) >= 11 is 0. The van der Waals surface area contributed by atoms with Crippen molar-refractivity contribution >= 4 is 41.4 Å². The van der Waals surface area contributed by atoms with Gasteiger partial charge >= 0.3 is 17.9 Å². The third kappa shape index (κ3) is 12.7. The lowest BCUT2D eigenvalue weighted by molar-refractivity contribution is -0.168. The molecule has 0 saturated heterocycles. The lowest BCUT2D eigenvalue weighted by Gasteiger charge is -2.20. The van der Waals surface area contributed by atoms with Crippen molar-refractivity contribution in [1.29, 1.82) is 5.41 Å². The first kappa shape index (κ1) is 44.2. The van der Waals surface area contributed by atoms with E-state index in [0.29, 0.717) is 41.3 Å². The molecule has 1 aromatic heterocycles. The van der Waals surface area contributed by atoms with Gasteiger partial charge in [-0.25, -0.2) is 9.78 Å². The van der Waals surface area contributed by atoms with Crippen molar-refractivity contribution < 1.29 is 43.3 Å². The molecule has 1 heterocycles. The molecule has 1 amide bonds. The number of nitrogens with zero attached hydrogens (tertiary/aromatic N) is 1. The number of carbonyl (C=O) groups excluding carboxylic acids is 5. The number of carbonyl (C=O) groups is 5. The third-order valence-corrected chi connectivity index (χ3v) is 9.62. The van der Waals surface area contributed by atoms with E-state index in [1.165, 1.54) is 25.1 Å². The Hall–Kier alpha value is -5.53. The van der Waals surface area contributed by atoms with Gasteiger partial charge in [0.15, 0.2) is 11.5 Å². The normalized spacial score (nSPS) is 13.3. The molecule has 0 aliphatic heterocycles. The van der Waals surface area contributed by atoms with Gasteiger partial charge < -0.3 is 35.8 Å². The maximum atomic E-state index is 14.2. The molecule has 304 valence electrons. The first-order valence-electron chi connectivity index (χ1n) is 19.5. The summed E-state index contributed by atoms with van der Waals surface area (Å²) in [4.78, 5) is 70.3. The van der Waals surface area contributed by atoms with Crippen molar-refractivity contribution in [2.45, 2.75) is 98.0 Å². The maximum absolute atomic E-state index is 14.2. The first-order chi connectivity index (χ1) is 27.3. The molecule has 3 aromatic rings. The molecular formula is C44H54N4O9. The summed E-state index contributed by atoms with van der Waals surface area (Å²) in [6.45, 7) is 11.1. The van der Waals surface area contributed by atoms with E-state index in [1.54, 1.807) is 50.2 Å². The number of nitrogens with two attached hydrogens (primary N) is 1. The second-order valence-electron chi connectivity index (χ2n) is 14.6. The number of aliphatic hydroxyl groups excluding tert-OH is 1. The highest BCUT2D eigenvalue weighted by Crippen LogP contribution is 2.33. The second-order valence-corrected chi connectivity index (χ2v) is 14.6. The molecule has 4 rings (SSSR count). The zero-order valence-electron chi connectivity index (χ0n) is 33.2. The minimum Gasteiger partial charge on any atom is -0.465 e. The van der Waals surface area contributed by atoms with Gasteiger partial charge in [0.25, 0.3) is 5.91 Å². The van der Waals surface area contributed by atoms with Gasteiger partial charge in [-0.1, -0.05) is 77.0 Å². The van der Waals surface area contributed by atoms with Crippen molar-refractivity contribution in [3.8, 4) is 11.1 Å². The summed E-state index contributed by atoms with van der Waals surface area (Å²) in [5.41, 5.74) is 8.17. The number of hydrogen-bond acceptors (Lipinski definition) is 12. The van der Waals surface area contributed by atoms with Crippen LogP contribution in [0.3, 0.4) is 0 Å². The predicted octanol–water partition coefficient (Wildman–Crippen LogP) is 6.36. The van der Waals surface area contributed by atoms with Gasteiger partial charge in [-0.05, 0) is 83.2 Å². The van der Waals surface area contributed by atoms with Crippen molar-refractivity contribution in [2.24, 2.45) is 17.6 Å². The van der Waals surface area contributed by atoms with E-state index < -0.39 is 42.8 Å². The number of esters is 3. The smallest absolute Gasteiger partial charge is 0.360 e. The maximum Gasteiger partial charge on any atom is 0.360 e. The molecule has 1 fully saturated rings. The van der Waals surface area contributed by atoms with Crippen molar-refractivity contribution in [1.82, 2.24) is 10.3 Å². The molecule has 1 unspecified atom stereocenters. The number of amides is 1. The molecule has 0 radical (unpaired) electrons. The second kappa shape index (κ2) is 21.1. The Morgan fingerprint density at radius 3 is 2.35 bits per heavy atom. The molecule has 5 N–H and O–H groups in total. The van der Waals surface area contributed by atoms with Crippen LogP contribution in [-0.4, -0.2) is 70.9 Å². The number of unbranched alkanes of at least 4 members (excludes halogenated alkanes) is 3. The summed E-state index contributed by atoms with van der Waals surface area (Å²) in [7, 11) is 0. The minimum absolute atomic E-state index is 0.0679. The predicted molar refractivity (Wildman–Crippen MR) is 216 cm³/mol. The van der Waals surface area contributed by atoms with E-state index in [9.17, 15) is 29.1 Å². The van der Waals surface area contributed by atoms with Crippen LogP contribution in [0, 0.1) is 17.2 Å². The van der Waals surface area contributed by atoms with Crippen LogP contribution < -0.4 is 11.1 Å². The van der Waals surface area contributed by atoms with Crippen LogP contribution in [0.15, 0.2) is 55.1 Å². The molecule has 2 aromatic carbocycles. The largest absolute Gasteiger partial charge is 0.465 e. The molecule has 1 aliphatic carbocycles. The monoisotopic (exact) mass is 782 g/mol. The summed E-state index contributed by atoms with van der Waals surface area (Å²) in [6.07, 6.45) is 5.78. The topological polar surface area (TPSA) is 208 Å². The summed E-state index contributed by atoms with van der Waals surface area (Å²) in [5.74, 6) is -2.98. The molecule has 1 aliphatic rings. The number of nitrogens with one attached hydrogen (secondary N) is 2. The molecule has 2 atom stereocenters. The Morgan fingerprint density at radius 1 is 1.00 bits per heavy atom. The first-order valence-corrected chi connectivity index (χ1v) is 19.5. The Bertz CT molecular complexity index is 1950. The van der Waals surface area contributed by atoms with Crippen LogP contribution in [-0.2, 0) is 36.8 Å². The third-order valence-electron chi connectivity index (χ3n) is 9.62. The van der Waals surface area contributed by atoms with E-state index in [2.05, 4.69) is 23.8 Å². The van der Waals surface area contributed by atoms with Gasteiger partial charge in [0.1, 0.15) is 11.7 Å². The average Bonchev–Trinajstić information content (AvgIpc) is 4.03. The van der Waals surface area contributed by atoms with Crippen molar-refractivity contribution in [2.75, 3.05) is 13.2 Å². The standard InChI is InChI=1S/C44H54N4O9/c1-6-8-9-10-19-55-39(51)23-36(45)31-15-13-28(14-16-31)20-38(50)35-21-30(7-2)32(25-49)22-34(35)33-17-18-37(42(52)47-24-29-11-12-29)48-41(33)44(54)57-27(5)56-43(53)40(46)26(3)4/h7,13-18,21-22,26-27,29,40,45,49H,2,6,8-12,19-20,23-25,46H2,1,3-5H3,(H,47,52)/t27?,40-/m0/s1. The molecule has 13 heteroatoms. The van der Waals surface area contributed by atoms with Gasteiger partial charge in [0.05, 0.1) is 19.6 Å². The van der Waals surface area contributed by atoms with Crippen molar-refractivity contribution in [3.63, 3.8) is 0 Å². The fourth-order valence-corrected chi connectivity index (χ4v) is 5.91. The van der Waals surface area contributed by atoms with Crippen LogP contribution in [0.25, 0.3) is 17.2 Å². The van der Waals surface area contributed by atoms with Crippen LogP contribution in [0.2, 0.25) is 0 Å². The van der Waals surface area contributed by atoms with E-state index >= 15 is 0 Å². The molecular weight excluding hydrogens is 729 g/mol. The molecule has 0 bridgehead atoms. The van der Waals surface area contributed by atoms with Crippen LogP contribution in [0.1, 0.15) is 126 Å². The molecule has 1 saturated carbocycles. The number of hydrogen-bond donors (Lipinski definition) is 4. The highest BCUT2D eigenvalue weighted by Gasteiger charge is 2.28. The fraction of sp³-hybridized carbons (Fsp3) is 0.432.